The monoisotopic (exact) mass is 474 g/mol. The Morgan fingerprint density at radius 1 is 0.765 bits per heavy atom. The molecule has 3 rings (SSSR count). The van der Waals surface area contributed by atoms with E-state index in [1.165, 1.54) is 21.3 Å². The van der Waals surface area contributed by atoms with Gasteiger partial charge in [-0.05, 0) is 18.6 Å². The minimum atomic E-state index is -0.420. The van der Waals surface area contributed by atoms with E-state index in [0.717, 1.165) is 56.3 Å². The molecule has 1 saturated heterocycles. The molecule has 0 N–H and O–H groups in total. The summed E-state index contributed by atoms with van der Waals surface area (Å²) in [5.74, 6) is 2.42. The van der Waals surface area contributed by atoms with E-state index in [2.05, 4.69) is 9.80 Å². The van der Waals surface area contributed by atoms with Crippen LogP contribution in [-0.2, 0) is 4.74 Å². The minimum Gasteiger partial charge on any atom is -0.497 e. The number of nitrogens with zero attached hydrogens (tertiary/aromatic N) is 2. The third-order valence-electron chi connectivity index (χ3n) is 5.83. The van der Waals surface area contributed by atoms with Crippen LogP contribution in [0.15, 0.2) is 30.3 Å². The smallest absolute Gasteiger partial charge is 0.338 e. The number of anilines is 1. The quantitative estimate of drug-likeness (QED) is 0.361. The van der Waals surface area contributed by atoms with Gasteiger partial charge >= 0.3 is 5.97 Å². The first-order chi connectivity index (χ1) is 16.5. The average molecular weight is 475 g/mol. The van der Waals surface area contributed by atoms with E-state index in [-0.39, 0.29) is 0 Å². The van der Waals surface area contributed by atoms with Crippen LogP contribution in [0.2, 0.25) is 0 Å². The summed E-state index contributed by atoms with van der Waals surface area (Å²) >= 11 is 0. The Balaban J connectivity index is 1.46. The van der Waals surface area contributed by atoms with Crippen molar-refractivity contribution in [1.82, 2.24) is 4.90 Å². The average Bonchev–Trinajstić information content (AvgIpc) is 2.89. The molecule has 34 heavy (non-hydrogen) atoms. The van der Waals surface area contributed by atoms with Gasteiger partial charge in [-0.15, -0.1) is 0 Å². The molecule has 1 aliphatic heterocycles. The van der Waals surface area contributed by atoms with Gasteiger partial charge < -0.3 is 33.3 Å². The lowest BCUT2D eigenvalue weighted by molar-refractivity contribution is 0.0486. The highest BCUT2D eigenvalue weighted by Gasteiger charge is 2.20. The highest BCUT2D eigenvalue weighted by atomic mass is 16.5. The van der Waals surface area contributed by atoms with Crippen molar-refractivity contribution in [2.75, 3.05) is 79.8 Å². The zero-order chi connectivity index (χ0) is 24.5. The standard InChI is InChI=1S/C25H34N2O7/c1-29-20-15-19(16-21(17-20)30-2)27-10-8-26(9-11-27)7-6-12-34-25(28)18-13-22(31-3)24(33-5)23(14-18)32-4/h13-17H,6-12H2,1-5H3. The van der Waals surface area contributed by atoms with Crippen molar-refractivity contribution in [3.63, 3.8) is 0 Å². The number of esters is 1. The largest absolute Gasteiger partial charge is 0.497 e. The Morgan fingerprint density at radius 3 is 1.85 bits per heavy atom. The molecule has 1 heterocycles. The predicted octanol–water partition coefficient (Wildman–Crippen LogP) is 3.10. The maximum absolute atomic E-state index is 12.5. The molecule has 9 heteroatoms. The zero-order valence-electron chi connectivity index (χ0n) is 20.6. The van der Waals surface area contributed by atoms with E-state index < -0.39 is 5.97 Å². The molecule has 0 radical (unpaired) electrons. The summed E-state index contributed by atoms with van der Waals surface area (Å²) in [4.78, 5) is 17.2. The summed E-state index contributed by atoms with van der Waals surface area (Å²) in [7, 11) is 7.86. The number of ether oxygens (including phenoxy) is 6. The van der Waals surface area contributed by atoms with Crippen LogP contribution in [0, 0.1) is 0 Å². The SMILES string of the molecule is COc1cc(OC)cc(N2CCN(CCCOC(=O)c3cc(OC)c(OC)c(OC)c3)CC2)c1. The first kappa shape index (κ1) is 25.3. The van der Waals surface area contributed by atoms with Gasteiger partial charge in [-0.3, -0.25) is 4.90 Å². The Morgan fingerprint density at radius 2 is 1.35 bits per heavy atom. The van der Waals surface area contributed by atoms with Crippen LogP contribution >= 0.6 is 0 Å². The summed E-state index contributed by atoms with van der Waals surface area (Å²) in [6, 6.07) is 9.12. The van der Waals surface area contributed by atoms with Crippen LogP contribution in [0.25, 0.3) is 0 Å². The van der Waals surface area contributed by atoms with Gasteiger partial charge in [-0.1, -0.05) is 0 Å². The molecule has 186 valence electrons. The van der Waals surface area contributed by atoms with Gasteiger partial charge in [0.2, 0.25) is 5.75 Å². The number of rotatable bonds is 11. The molecule has 1 fully saturated rings. The summed E-state index contributed by atoms with van der Waals surface area (Å²) in [6.45, 7) is 4.87. The van der Waals surface area contributed by atoms with E-state index in [4.69, 9.17) is 28.4 Å². The highest BCUT2D eigenvalue weighted by Crippen LogP contribution is 2.38. The molecule has 0 spiro atoms. The maximum Gasteiger partial charge on any atom is 0.338 e. The summed E-state index contributed by atoms with van der Waals surface area (Å²) in [5.41, 5.74) is 1.45. The maximum atomic E-state index is 12.5. The van der Waals surface area contributed by atoms with Gasteiger partial charge in [-0.2, -0.15) is 0 Å². The van der Waals surface area contributed by atoms with Crippen molar-refractivity contribution in [3.05, 3.63) is 35.9 Å². The van der Waals surface area contributed by atoms with Crippen LogP contribution in [-0.4, -0.2) is 85.7 Å². The zero-order valence-corrected chi connectivity index (χ0v) is 20.6. The summed E-state index contributed by atoms with van der Waals surface area (Å²) in [5, 5.41) is 0. The van der Waals surface area contributed by atoms with Gasteiger partial charge in [0.05, 0.1) is 47.7 Å². The lowest BCUT2D eigenvalue weighted by atomic mass is 10.2. The van der Waals surface area contributed by atoms with E-state index in [1.807, 2.05) is 18.2 Å². The first-order valence-electron chi connectivity index (χ1n) is 11.2. The predicted molar refractivity (Wildman–Crippen MR) is 129 cm³/mol. The van der Waals surface area contributed by atoms with Crippen LogP contribution in [0.4, 0.5) is 5.69 Å². The van der Waals surface area contributed by atoms with Gasteiger partial charge in [-0.25, -0.2) is 4.79 Å². The fourth-order valence-electron chi connectivity index (χ4n) is 3.94. The van der Waals surface area contributed by atoms with E-state index >= 15 is 0 Å². The Hall–Kier alpha value is -3.33. The fourth-order valence-corrected chi connectivity index (χ4v) is 3.94. The topological polar surface area (TPSA) is 78.9 Å². The molecule has 2 aromatic rings. The second kappa shape index (κ2) is 12.2. The normalized spacial score (nSPS) is 13.9. The van der Waals surface area contributed by atoms with Crippen molar-refractivity contribution >= 4 is 11.7 Å². The van der Waals surface area contributed by atoms with E-state index in [1.54, 1.807) is 26.4 Å². The molecule has 0 saturated carbocycles. The van der Waals surface area contributed by atoms with Crippen LogP contribution in [0.3, 0.4) is 0 Å². The number of carbonyl (C=O) groups is 1. The molecule has 1 aliphatic rings. The number of carbonyl (C=O) groups excluding carboxylic acids is 1. The number of hydrogen-bond acceptors (Lipinski definition) is 9. The molecule has 0 aliphatic carbocycles. The van der Waals surface area contributed by atoms with Crippen molar-refractivity contribution in [2.24, 2.45) is 0 Å². The van der Waals surface area contributed by atoms with Gasteiger partial charge in [0.25, 0.3) is 0 Å². The molecule has 0 atom stereocenters. The summed E-state index contributed by atoms with van der Waals surface area (Å²) in [6.07, 6.45) is 0.753. The van der Waals surface area contributed by atoms with Crippen molar-refractivity contribution in [3.8, 4) is 28.7 Å². The van der Waals surface area contributed by atoms with Gasteiger partial charge in [0.1, 0.15) is 11.5 Å². The fraction of sp³-hybridized carbons (Fsp3) is 0.480. The number of methoxy groups -OCH3 is 5. The lowest BCUT2D eigenvalue weighted by Gasteiger charge is -2.36. The Bertz CT molecular complexity index is 911. The number of hydrogen-bond donors (Lipinski definition) is 0. The molecular weight excluding hydrogens is 440 g/mol. The van der Waals surface area contributed by atoms with Crippen molar-refractivity contribution < 1.29 is 33.2 Å². The Kier molecular flexibility index (Phi) is 9.09. The number of piperazine rings is 1. The summed E-state index contributed by atoms with van der Waals surface area (Å²) < 4.78 is 32.1. The number of benzene rings is 2. The highest BCUT2D eigenvalue weighted by molar-refractivity contribution is 5.91. The third-order valence-corrected chi connectivity index (χ3v) is 5.83. The van der Waals surface area contributed by atoms with Gasteiger partial charge in [0.15, 0.2) is 11.5 Å². The second-order valence-electron chi connectivity index (χ2n) is 7.80. The van der Waals surface area contributed by atoms with Crippen LogP contribution < -0.4 is 28.6 Å². The van der Waals surface area contributed by atoms with E-state index in [9.17, 15) is 4.79 Å². The van der Waals surface area contributed by atoms with Gasteiger partial charge in [0, 0.05) is 56.6 Å². The Labute approximate surface area is 201 Å². The second-order valence-corrected chi connectivity index (χ2v) is 7.80. The lowest BCUT2D eigenvalue weighted by Crippen LogP contribution is -2.46. The minimum absolute atomic E-state index is 0.336. The van der Waals surface area contributed by atoms with Crippen LogP contribution in [0.5, 0.6) is 28.7 Å². The van der Waals surface area contributed by atoms with Crippen LogP contribution in [0.1, 0.15) is 16.8 Å². The van der Waals surface area contributed by atoms with Crippen molar-refractivity contribution in [2.45, 2.75) is 6.42 Å². The molecule has 0 aromatic heterocycles. The molecule has 0 amide bonds. The first-order valence-corrected chi connectivity index (χ1v) is 11.2. The van der Waals surface area contributed by atoms with Crippen molar-refractivity contribution in [1.29, 1.82) is 0 Å². The molecule has 0 unspecified atom stereocenters. The molecule has 9 nitrogen and oxygen atoms in total. The molecule has 0 bridgehead atoms. The van der Waals surface area contributed by atoms with E-state index in [0.29, 0.717) is 29.4 Å². The molecular formula is C25H34N2O7. The molecule has 2 aromatic carbocycles. The third kappa shape index (κ3) is 6.17.